The van der Waals surface area contributed by atoms with E-state index in [0.29, 0.717) is 37.6 Å². The Hall–Kier alpha value is -3.01. The summed E-state index contributed by atoms with van der Waals surface area (Å²) in [5.41, 5.74) is 2.12. The number of rotatable bonds is 5. The number of carbonyl (C=O) groups excluding carboxylic acids is 2. The van der Waals surface area contributed by atoms with Crippen LogP contribution < -0.4 is 10.2 Å². The molecule has 31 heavy (non-hydrogen) atoms. The molecule has 1 fully saturated rings. The molecule has 2 aromatic carbocycles. The van der Waals surface area contributed by atoms with Gasteiger partial charge in [0.05, 0.1) is 17.9 Å². The maximum atomic E-state index is 12.9. The smallest absolute Gasteiger partial charge is 0.244 e. The highest BCUT2D eigenvalue weighted by atomic mass is 32.2. The van der Waals surface area contributed by atoms with E-state index in [2.05, 4.69) is 5.32 Å². The predicted octanol–water partition coefficient (Wildman–Crippen LogP) is 1.59. The highest BCUT2D eigenvalue weighted by Gasteiger charge is 2.30. The molecular formula is C22H24N4O4S. The van der Waals surface area contributed by atoms with Gasteiger partial charge in [0.15, 0.2) is 0 Å². The van der Waals surface area contributed by atoms with Crippen LogP contribution in [-0.2, 0) is 19.6 Å². The Labute approximate surface area is 181 Å². The van der Waals surface area contributed by atoms with Gasteiger partial charge in [-0.1, -0.05) is 42.5 Å². The minimum absolute atomic E-state index is 0.0194. The van der Waals surface area contributed by atoms with Crippen molar-refractivity contribution in [2.75, 3.05) is 49.5 Å². The van der Waals surface area contributed by atoms with Gasteiger partial charge in [-0.15, -0.1) is 0 Å². The standard InChI is InChI=1S/C22H24N4O4S/c27-21-16-26(20-9-5-4-8-19(20)23-21)22(28)17-24-11-13-25(14-12-24)31(29,30)15-10-18-6-2-1-3-7-18/h1-10,15H,11-14,16-17H2,(H,23,27)/b15-10+. The van der Waals surface area contributed by atoms with Crippen LogP contribution in [0, 0.1) is 0 Å². The van der Waals surface area contributed by atoms with Crippen LogP contribution in [-0.4, -0.2) is 68.7 Å². The van der Waals surface area contributed by atoms with Gasteiger partial charge in [-0.05, 0) is 23.8 Å². The zero-order valence-electron chi connectivity index (χ0n) is 17.0. The number of fused-ring (bicyclic) bond motifs is 1. The van der Waals surface area contributed by atoms with Gasteiger partial charge in [-0.25, -0.2) is 8.42 Å². The number of amides is 2. The Morgan fingerprint density at radius 1 is 0.968 bits per heavy atom. The zero-order chi connectivity index (χ0) is 21.8. The largest absolute Gasteiger partial charge is 0.323 e. The summed E-state index contributed by atoms with van der Waals surface area (Å²) in [6.45, 7) is 1.64. The van der Waals surface area contributed by atoms with E-state index >= 15 is 0 Å². The van der Waals surface area contributed by atoms with Crippen molar-refractivity contribution in [3.05, 3.63) is 65.6 Å². The molecule has 0 aliphatic carbocycles. The molecule has 8 nitrogen and oxygen atoms in total. The van der Waals surface area contributed by atoms with Crippen LogP contribution >= 0.6 is 0 Å². The molecule has 0 radical (unpaired) electrons. The highest BCUT2D eigenvalue weighted by Crippen LogP contribution is 2.29. The van der Waals surface area contributed by atoms with Crippen molar-refractivity contribution >= 4 is 39.3 Å². The van der Waals surface area contributed by atoms with Crippen molar-refractivity contribution in [3.63, 3.8) is 0 Å². The molecule has 2 aliphatic rings. The molecule has 0 spiro atoms. The molecule has 2 aliphatic heterocycles. The maximum Gasteiger partial charge on any atom is 0.244 e. The number of anilines is 2. The number of hydrogen-bond donors (Lipinski definition) is 1. The number of sulfonamides is 1. The first kappa shape index (κ1) is 21.2. The average molecular weight is 441 g/mol. The molecule has 1 N–H and O–H groups in total. The van der Waals surface area contributed by atoms with E-state index in [1.165, 1.54) is 14.6 Å². The van der Waals surface area contributed by atoms with Crippen LogP contribution in [0.2, 0.25) is 0 Å². The molecule has 0 saturated carbocycles. The Morgan fingerprint density at radius 2 is 1.65 bits per heavy atom. The van der Waals surface area contributed by atoms with E-state index in [0.717, 1.165) is 5.56 Å². The summed E-state index contributed by atoms with van der Waals surface area (Å²) in [4.78, 5) is 28.2. The lowest BCUT2D eigenvalue weighted by molar-refractivity contribution is -0.122. The third kappa shape index (κ3) is 5.01. The van der Waals surface area contributed by atoms with Crippen molar-refractivity contribution in [2.45, 2.75) is 0 Å². The van der Waals surface area contributed by atoms with E-state index in [4.69, 9.17) is 0 Å². The van der Waals surface area contributed by atoms with Crippen LogP contribution in [0.15, 0.2) is 60.0 Å². The summed E-state index contributed by atoms with van der Waals surface area (Å²) in [5.74, 6) is -0.407. The molecule has 0 aromatic heterocycles. The second-order valence-corrected chi connectivity index (χ2v) is 9.30. The molecule has 2 aromatic rings. The Bertz CT molecular complexity index is 1090. The van der Waals surface area contributed by atoms with Crippen molar-refractivity contribution in [1.29, 1.82) is 0 Å². The number of benzene rings is 2. The molecule has 162 valence electrons. The van der Waals surface area contributed by atoms with Gasteiger partial charge < -0.3 is 5.32 Å². The number of carbonyl (C=O) groups is 2. The third-order valence-electron chi connectivity index (χ3n) is 5.35. The fourth-order valence-electron chi connectivity index (χ4n) is 3.69. The molecule has 0 atom stereocenters. The summed E-state index contributed by atoms with van der Waals surface area (Å²) in [7, 11) is -3.52. The van der Waals surface area contributed by atoms with Gasteiger partial charge in [-0.3, -0.25) is 19.4 Å². The fraction of sp³-hybridized carbons (Fsp3) is 0.273. The van der Waals surface area contributed by atoms with Gasteiger partial charge in [0, 0.05) is 31.6 Å². The van der Waals surface area contributed by atoms with Gasteiger partial charge in [0.25, 0.3) is 0 Å². The number of nitrogens with one attached hydrogen (secondary N) is 1. The monoisotopic (exact) mass is 440 g/mol. The Balaban J connectivity index is 1.35. The van der Waals surface area contributed by atoms with Gasteiger partial charge in [0.1, 0.15) is 6.54 Å². The molecule has 9 heteroatoms. The number of piperazine rings is 1. The SMILES string of the molecule is O=C1CN(C(=O)CN2CCN(S(=O)(=O)/C=C/c3ccccc3)CC2)c2ccccc2N1. The normalized spacial score (nSPS) is 18.1. The van der Waals surface area contributed by atoms with E-state index < -0.39 is 10.0 Å². The summed E-state index contributed by atoms with van der Waals surface area (Å²) in [6.07, 6.45) is 1.59. The first-order chi connectivity index (χ1) is 14.9. The van der Waals surface area contributed by atoms with Crippen molar-refractivity contribution in [2.24, 2.45) is 0 Å². The number of nitrogens with zero attached hydrogens (tertiary/aromatic N) is 3. The van der Waals surface area contributed by atoms with Crippen molar-refractivity contribution in [3.8, 4) is 0 Å². The topological polar surface area (TPSA) is 90.0 Å². The second kappa shape index (κ2) is 9.01. The van der Waals surface area contributed by atoms with Crippen LogP contribution in [0.3, 0.4) is 0 Å². The first-order valence-corrected chi connectivity index (χ1v) is 11.6. The minimum Gasteiger partial charge on any atom is -0.323 e. The van der Waals surface area contributed by atoms with Crippen LogP contribution in [0.4, 0.5) is 11.4 Å². The second-order valence-electron chi connectivity index (χ2n) is 7.48. The zero-order valence-corrected chi connectivity index (χ0v) is 17.8. The Morgan fingerprint density at radius 3 is 2.39 bits per heavy atom. The Kier molecular flexibility index (Phi) is 6.17. The van der Waals surface area contributed by atoms with Crippen molar-refractivity contribution in [1.82, 2.24) is 9.21 Å². The molecule has 0 unspecified atom stereocenters. The third-order valence-corrected chi connectivity index (χ3v) is 6.92. The van der Waals surface area contributed by atoms with Gasteiger partial charge >= 0.3 is 0 Å². The highest BCUT2D eigenvalue weighted by molar-refractivity contribution is 7.92. The lowest BCUT2D eigenvalue weighted by Gasteiger charge is -2.35. The van der Waals surface area contributed by atoms with Crippen LogP contribution in [0.25, 0.3) is 6.08 Å². The summed E-state index contributed by atoms with van der Waals surface area (Å²) >= 11 is 0. The first-order valence-electron chi connectivity index (χ1n) is 10.1. The van der Waals surface area contributed by atoms with E-state index in [9.17, 15) is 18.0 Å². The molecule has 0 bridgehead atoms. The maximum absolute atomic E-state index is 12.9. The summed E-state index contributed by atoms with van der Waals surface area (Å²) in [5, 5.41) is 4.00. The lowest BCUT2D eigenvalue weighted by Crippen LogP contribution is -2.52. The predicted molar refractivity (Wildman–Crippen MR) is 120 cm³/mol. The molecular weight excluding hydrogens is 416 g/mol. The van der Waals surface area contributed by atoms with E-state index in [-0.39, 0.29) is 24.9 Å². The number of para-hydroxylation sites is 2. The van der Waals surface area contributed by atoms with Gasteiger partial charge in [0.2, 0.25) is 21.8 Å². The lowest BCUT2D eigenvalue weighted by atomic mass is 10.2. The van der Waals surface area contributed by atoms with Crippen LogP contribution in [0.5, 0.6) is 0 Å². The molecule has 2 amide bonds. The van der Waals surface area contributed by atoms with Crippen LogP contribution in [0.1, 0.15) is 5.56 Å². The molecule has 2 heterocycles. The quantitative estimate of drug-likeness (QED) is 0.763. The van der Waals surface area contributed by atoms with E-state index in [1.807, 2.05) is 41.3 Å². The molecule has 4 rings (SSSR count). The van der Waals surface area contributed by atoms with E-state index in [1.54, 1.807) is 24.3 Å². The van der Waals surface area contributed by atoms with Gasteiger partial charge in [-0.2, -0.15) is 4.31 Å². The average Bonchev–Trinajstić information content (AvgIpc) is 2.78. The van der Waals surface area contributed by atoms with Crippen molar-refractivity contribution < 1.29 is 18.0 Å². The fourth-order valence-corrected chi connectivity index (χ4v) is 4.86. The minimum atomic E-state index is -3.52. The summed E-state index contributed by atoms with van der Waals surface area (Å²) in [6, 6.07) is 16.5. The molecule has 1 saturated heterocycles. The number of hydrogen-bond acceptors (Lipinski definition) is 5. The summed E-state index contributed by atoms with van der Waals surface area (Å²) < 4.78 is 26.6.